The maximum absolute atomic E-state index is 15.7. The second kappa shape index (κ2) is 38.7. The van der Waals surface area contributed by atoms with Gasteiger partial charge in [-0.1, -0.05) is 97.9 Å². The Kier molecular flexibility index (Phi) is 30.1. The van der Waals surface area contributed by atoms with Crippen LogP contribution in [0.15, 0.2) is 54.1 Å². The van der Waals surface area contributed by atoms with E-state index in [9.17, 15) is 34.2 Å². The van der Waals surface area contributed by atoms with Crippen molar-refractivity contribution >= 4 is 41.4 Å². The van der Waals surface area contributed by atoms with Crippen molar-refractivity contribution in [3.63, 3.8) is 0 Å². The number of likely N-dealkylation sites (tertiary alicyclic amines) is 1. The summed E-state index contributed by atoms with van der Waals surface area (Å²) in [6.07, 6.45) is -0.190. The number of carbonyl (C=O) groups is 7. The molecule has 1 aromatic carbocycles. The molecule has 11 aliphatic rings. The number of nitrogens with one attached hydrogen (secondary N) is 3. The minimum atomic E-state index is -1.08. The van der Waals surface area contributed by atoms with E-state index in [4.69, 9.17) is 61.6 Å². The van der Waals surface area contributed by atoms with Crippen LogP contribution < -0.4 is 16.0 Å². The van der Waals surface area contributed by atoms with Gasteiger partial charge in [-0.25, -0.2) is 4.79 Å². The number of Topliss-reactive ketones (excluding diaryl/α,β-unsaturated/α-hetero) is 1. The van der Waals surface area contributed by atoms with Crippen molar-refractivity contribution in [3.05, 3.63) is 59.7 Å². The lowest BCUT2D eigenvalue weighted by atomic mass is 9.81. The molecular weight excluding hydrogens is 1440 g/mol. The summed E-state index contributed by atoms with van der Waals surface area (Å²) in [6.45, 7) is 19.9. The summed E-state index contributed by atoms with van der Waals surface area (Å²) in [6, 6.07) is 5.14. The van der Waals surface area contributed by atoms with Crippen LogP contribution in [0.1, 0.15) is 183 Å². The Bertz CT molecular complexity index is 3410. The van der Waals surface area contributed by atoms with Gasteiger partial charge in [0.1, 0.15) is 55.0 Å². The van der Waals surface area contributed by atoms with E-state index < -0.39 is 145 Å². The van der Waals surface area contributed by atoms with Crippen LogP contribution in [-0.4, -0.2) is 282 Å². The summed E-state index contributed by atoms with van der Waals surface area (Å²) in [5, 5.41) is 31.4. The average Bonchev–Trinajstić information content (AvgIpc) is 1.55. The Balaban J connectivity index is 0.894. The summed E-state index contributed by atoms with van der Waals surface area (Å²) >= 11 is 0. The first kappa shape index (κ1) is 87.3. The number of carbonyl (C=O) groups excluding carboxylic acids is 7. The Morgan fingerprint density at radius 2 is 1.45 bits per heavy atom. The fourth-order valence-corrected chi connectivity index (χ4v) is 20.2. The largest absolute Gasteiger partial charge is 0.453 e. The van der Waals surface area contributed by atoms with Crippen molar-refractivity contribution in [1.29, 1.82) is 0 Å². The third-order valence-corrected chi connectivity index (χ3v) is 26.2. The van der Waals surface area contributed by atoms with Gasteiger partial charge in [0, 0.05) is 100 Å². The molecule has 112 heavy (non-hydrogen) atoms. The second-order valence-electron chi connectivity index (χ2n) is 34.3. The molecule has 0 saturated carbocycles. The number of ether oxygens (including phenoxy) is 13. The quantitative estimate of drug-likeness (QED) is 0.0504. The molecule has 0 radical (unpaired) electrons. The van der Waals surface area contributed by atoms with Gasteiger partial charge >= 0.3 is 6.09 Å². The molecule has 11 saturated heterocycles. The standard InChI is InChI=1S/C84H130N6O22/c1-17-50(71(88(10)82(98)69(44(2)3)87-81(97)70(45(4)5)89(11)83(99)104-16)64(101-13)40-68(94)90-33-21-24-59(90)73(102-14)48(8)80(96)86-49(9)72(95)51-22-19-18-20-23-51)25-26-52-35-57-31-32-84-41-66-76(111-84)77-78(110-66)79(112-84)75-61(109-77)30-28-56(107-75)36-53(91)37-58-63(39-62-47(7)46(6)34-55(106-62)27-29-60(52)105-57)108-65(74(58)103-15)38-54(92)42-85-67(93)43-100-12/h18-20,22-23,26,44-46,48-50,54-66,69-79,92,95H,7,17,21,24-25,27-43H2,1-6,8-16H3,(H,85,93)(H,86,96)(H,87,97)/b52-26-/t46-,48-,49-,50-,54?,55+,56?,57?,58?,59-,60+,61?,62-,63+,64-,65-,66-,69+,70+,71+,72-,73-,74-,75+,76?,77+,78?,79?,84+/m1/s1. The first-order valence-corrected chi connectivity index (χ1v) is 41.4. The van der Waals surface area contributed by atoms with Crippen LogP contribution in [0, 0.1) is 35.5 Å². The number of nitrogens with zero attached hydrogens (tertiary/aromatic N) is 3. The number of fused-ring (bicyclic) bond motifs is 6. The summed E-state index contributed by atoms with van der Waals surface area (Å²) in [4.78, 5) is 105. The monoisotopic (exact) mass is 1570 g/mol. The highest BCUT2D eigenvalue weighted by Crippen LogP contribution is 2.55. The number of likely N-dealkylation sites (N-methyl/N-ethyl adjacent to an activating group) is 2. The molecule has 11 fully saturated rings. The van der Waals surface area contributed by atoms with E-state index in [0.29, 0.717) is 102 Å². The van der Waals surface area contributed by atoms with Crippen molar-refractivity contribution in [1.82, 2.24) is 30.7 Å². The van der Waals surface area contributed by atoms with E-state index in [-0.39, 0.29) is 123 Å². The normalized spacial score (nSPS) is 34.8. The lowest BCUT2D eigenvalue weighted by Gasteiger charge is -2.47. The van der Waals surface area contributed by atoms with Gasteiger partial charge in [-0.15, -0.1) is 0 Å². The summed E-state index contributed by atoms with van der Waals surface area (Å²) < 4.78 is 85.5. The predicted octanol–water partition coefficient (Wildman–Crippen LogP) is 7.00. The third kappa shape index (κ3) is 19.7. The predicted molar refractivity (Wildman–Crippen MR) is 411 cm³/mol. The smallest absolute Gasteiger partial charge is 0.409 e. The highest BCUT2D eigenvalue weighted by molar-refractivity contribution is 5.92. The van der Waals surface area contributed by atoms with Crippen LogP contribution in [0.3, 0.4) is 0 Å². The minimum absolute atomic E-state index is 0.00608. The van der Waals surface area contributed by atoms with Gasteiger partial charge < -0.3 is 97.5 Å². The van der Waals surface area contributed by atoms with Gasteiger partial charge in [0.2, 0.25) is 29.5 Å². The van der Waals surface area contributed by atoms with Crippen molar-refractivity contribution in [2.75, 3.05) is 69.3 Å². The van der Waals surface area contributed by atoms with Crippen LogP contribution in [0.2, 0.25) is 0 Å². The van der Waals surface area contributed by atoms with Crippen molar-refractivity contribution in [3.8, 4) is 0 Å². The Morgan fingerprint density at radius 3 is 2.13 bits per heavy atom. The number of ketones is 1. The summed E-state index contributed by atoms with van der Waals surface area (Å²) in [7, 11) is 10.6. The highest BCUT2D eigenvalue weighted by Gasteiger charge is 2.69. The number of aliphatic hydroxyl groups is 2. The molecule has 28 heteroatoms. The Morgan fingerprint density at radius 1 is 0.741 bits per heavy atom. The molecule has 28 nitrogen and oxygen atoms in total. The molecule has 0 aromatic heterocycles. The zero-order chi connectivity index (χ0) is 80.7. The number of benzene rings is 1. The zero-order valence-electron chi connectivity index (χ0n) is 68.7. The topological polar surface area (TPSA) is 326 Å². The average molecular weight is 1580 g/mol. The molecule has 6 amide bonds. The van der Waals surface area contributed by atoms with Gasteiger partial charge in [0.25, 0.3) is 0 Å². The molecule has 1 spiro atoms. The number of aliphatic hydroxyl groups excluding tert-OH is 2. The maximum atomic E-state index is 15.7. The van der Waals surface area contributed by atoms with Gasteiger partial charge in [-0.2, -0.15) is 0 Å². The third-order valence-electron chi connectivity index (χ3n) is 26.2. The van der Waals surface area contributed by atoms with Crippen LogP contribution in [0.4, 0.5) is 4.79 Å². The fourth-order valence-electron chi connectivity index (χ4n) is 20.2. The molecular formula is C84H130N6O22. The molecule has 12 bridgehead atoms. The number of methoxy groups -OCH3 is 5. The fraction of sp³-hybridized carbons (Fsp3) is 0.798. The summed E-state index contributed by atoms with van der Waals surface area (Å²) in [5.74, 6) is -5.22. The van der Waals surface area contributed by atoms with E-state index >= 15 is 9.59 Å². The molecule has 628 valence electrons. The van der Waals surface area contributed by atoms with E-state index in [2.05, 4.69) is 42.5 Å². The van der Waals surface area contributed by atoms with Crippen LogP contribution in [0.25, 0.3) is 0 Å². The summed E-state index contributed by atoms with van der Waals surface area (Å²) in [5.41, 5.74) is 2.66. The molecule has 12 rings (SSSR count). The first-order valence-electron chi connectivity index (χ1n) is 41.4. The highest BCUT2D eigenvalue weighted by atomic mass is 16.8. The lowest BCUT2D eigenvalue weighted by molar-refractivity contribution is -0.292. The molecule has 1 aromatic rings. The first-order chi connectivity index (χ1) is 53.5. The zero-order valence-corrected chi connectivity index (χ0v) is 68.7. The van der Waals surface area contributed by atoms with Gasteiger partial charge in [-0.05, 0) is 112 Å². The van der Waals surface area contributed by atoms with E-state index in [1.54, 1.807) is 57.0 Å². The molecule has 8 unspecified atom stereocenters. The van der Waals surface area contributed by atoms with Gasteiger partial charge in [0.15, 0.2) is 5.79 Å². The van der Waals surface area contributed by atoms with Crippen molar-refractivity contribution in [2.45, 2.75) is 323 Å². The number of allylic oxidation sites excluding steroid dienone is 1. The lowest BCUT2D eigenvalue weighted by Crippen LogP contribution is -2.61. The van der Waals surface area contributed by atoms with Crippen LogP contribution in [0.5, 0.6) is 0 Å². The van der Waals surface area contributed by atoms with E-state index in [1.165, 1.54) is 33.3 Å². The second-order valence-corrected chi connectivity index (χ2v) is 34.3. The molecule has 5 N–H and O–H groups in total. The van der Waals surface area contributed by atoms with Crippen LogP contribution in [-0.2, 0) is 90.3 Å². The van der Waals surface area contributed by atoms with Gasteiger partial charge in [-0.3, -0.25) is 33.7 Å². The Hall–Kier alpha value is -5.57. The Labute approximate surface area is 662 Å². The number of hydrogen-bond donors (Lipinski definition) is 5. The maximum Gasteiger partial charge on any atom is 0.409 e. The number of rotatable bonds is 29. The number of hydrogen-bond acceptors (Lipinski definition) is 22. The molecule has 11 aliphatic heterocycles. The SMILES string of the molecule is C=C1[C@H](C)C[C@@H]2CC[C@@H]3OC(CC[C@@]45C[C@H]6OC7C(O4)[C@H]4OC(CCC4O[C@H]7C6O5)CC(=O)CC4[C@H](C[C@H]1O2)O[C@H](CC(O)CNC(=O)COC)[C@@H]4OC)C/C3=C/C[C@@H](CC)[C@@H]([C@@H](CC(=O)N1CCC[C@@H]1[C@H](OC)[C@@H](C)C(=O)N[C@H](C)[C@@H](O)c1ccccc1)OC)N(C)C(=O)[C@@H](NC(=O)[C@H](C(C)C)N(C)C(=O)OC)C(C)C. The van der Waals surface area contributed by atoms with Crippen molar-refractivity contribution in [2.24, 2.45) is 35.5 Å². The van der Waals surface area contributed by atoms with Gasteiger partial charge in [0.05, 0.1) is 123 Å². The van der Waals surface area contributed by atoms with E-state index in [0.717, 1.165) is 11.1 Å². The minimum Gasteiger partial charge on any atom is -0.453 e. The van der Waals surface area contributed by atoms with Crippen LogP contribution >= 0.6 is 0 Å². The number of amides is 6. The molecule has 0 aliphatic carbocycles. The van der Waals surface area contributed by atoms with Crippen molar-refractivity contribution < 1.29 is 105 Å². The molecule has 29 atom stereocenters. The molecule has 11 heterocycles. The van der Waals surface area contributed by atoms with E-state index in [1.807, 2.05) is 45.9 Å².